The molecular formula is C16H18ClNO. The van der Waals surface area contributed by atoms with Gasteiger partial charge in [-0.15, -0.1) is 0 Å². The Kier molecular flexibility index (Phi) is 4.46. The van der Waals surface area contributed by atoms with Crippen LogP contribution in [0.2, 0.25) is 5.02 Å². The first kappa shape index (κ1) is 13.9. The van der Waals surface area contributed by atoms with E-state index in [-0.39, 0.29) is 6.04 Å². The Balaban J connectivity index is 2.35. The van der Waals surface area contributed by atoms with E-state index in [1.165, 1.54) is 0 Å². The van der Waals surface area contributed by atoms with Crippen LogP contribution < -0.4 is 10.5 Å². The molecule has 1 unspecified atom stereocenters. The zero-order chi connectivity index (χ0) is 13.8. The summed E-state index contributed by atoms with van der Waals surface area (Å²) < 4.78 is 5.98. The molecule has 0 heterocycles. The summed E-state index contributed by atoms with van der Waals surface area (Å²) >= 11 is 6.01. The molecule has 0 aliphatic heterocycles. The number of halogens is 1. The predicted octanol–water partition coefficient (Wildman–Crippen LogP) is 4.85. The highest BCUT2D eigenvalue weighted by atomic mass is 35.5. The minimum absolute atomic E-state index is 0.0179. The molecule has 19 heavy (non-hydrogen) atoms. The van der Waals surface area contributed by atoms with E-state index < -0.39 is 0 Å². The van der Waals surface area contributed by atoms with Crippen LogP contribution in [-0.2, 0) is 0 Å². The predicted molar refractivity (Wildman–Crippen MR) is 79.9 cm³/mol. The molecular weight excluding hydrogens is 258 g/mol. The molecule has 2 N–H and O–H groups in total. The van der Waals surface area contributed by atoms with Crippen LogP contribution in [-0.4, -0.2) is 0 Å². The number of para-hydroxylation sites is 1. The maximum absolute atomic E-state index is 6.11. The van der Waals surface area contributed by atoms with Gasteiger partial charge in [0.15, 0.2) is 0 Å². The Morgan fingerprint density at radius 2 is 1.89 bits per heavy atom. The van der Waals surface area contributed by atoms with Gasteiger partial charge in [0, 0.05) is 16.6 Å². The minimum atomic E-state index is -0.0179. The first-order valence-electron chi connectivity index (χ1n) is 6.40. The van der Waals surface area contributed by atoms with Crippen molar-refractivity contribution >= 4 is 11.6 Å². The molecule has 0 saturated heterocycles. The summed E-state index contributed by atoms with van der Waals surface area (Å²) in [6, 6.07) is 13.5. The number of aryl methyl sites for hydroxylation is 1. The van der Waals surface area contributed by atoms with Gasteiger partial charge in [-0.2, -0.15) is 0 Å². The molecule has 3 heteroatoms. The maximum atomic E-state index is 6.11. The van der Waals surface area contributed by atoms with Gasteiger partial charge in [0.25, 0.3) is 0 Å². The largest absolute Gasteiger partial charge is 0.457 e. The van der Waals surface area contributed by atoms with Crippen molar-refractivity contribution in [1.29, 1.82) is 0 Å². The second kappa shape index (κ2) is 6.09. The summed E-state index contributed by atoms with van der Waals surface area (Å²) in [7, 11) is 0. The van der Waals surface area contributed by atoms with Gasteiger partial charge in [-0.25, -0.2) is 0 Å². The number of ether oxygens (including phenoxy) is 1. The molecule has 0 aromatic heterocycles. The monoisotopic (exact) mass is 275 g/mol. The first-order chi connectivity index (χ1) is 9.11. The quantitative estimate of drug-likeness (QED) is 0.866. The summed E-state index contributed by atoms with van der Waals surface area (Å²) in [6.45, 7) is 4.06. The van der Waals surface area contributed by atoms with Crippen molar-refractivity contribution in [2.45, 2.75) is 26.3 Å². The molecule has 2 nitrogen and oxygen atoms in total. The van der Waals surface area contributed by atoms with Crippen molar-refractivity contribution in [2.24, 2.45) is 5.73 Å². The Labute approximate surface area is 119 Å². The van der Waals surface area contributed by atoms with Gasteiger partial charge in [-0.05, 0) is 37.1 Å². The molecule has 0 amide bonds. The van der Waals surface area contributed by atoms with Gasteiger partial charge in [-0.1, -0.05) is 42.8 Å². The van der Waals surface area contributed by atoms with Crippen LogP contribution in [0.25, 0.3) is 0 Å². The van der Waals surface area contributed by atoms with Crippen LogP contribution >= 0.6 is 11.6 Å². The van der Waals surface area contributed by atoms with Crippen LogP contribution in [0.3, 0.4) is 0 Å². The van der Waals surface area contributed by atoms with Crippen molar-refractivity contribution in [3.8, 4) is 11.5 Å². The van der Waals surface area contributed by atoms with Crippen LogP contribution in [0.15, 0.2) is 42.5 Å². The van der Waals surface area contributed by atoms with Crippen LogP contribution in [0.4, 0.5) is 0 Å². The topological polar surface area (TPSA) is 35.2 Å². The van der Waals surface area contributed by atoms with Gasteiger partial charge in [0.1, 0.15) is 11.5 Å². The highest BCUT2D eigenvalue weighted by molar-refractivity contribution is 6.30. The van der Waals surface area contributed by atoms with E-state index in [4.69, 9.17) is 22.1 Å². The summed E-state index contributed by atoms with van der Waals surface area (Å²) in [4.78, 5) is 0. The van der Waals surface area contributed by atoms with Crippen molar-refractivity contribution in [3.05, 3.63) is 58.6 Å². The Morgan fingerprint density at radius 1 is 1.16 bits per heavy atom. The number of hydrogen-bond acceptors (Lipinski definition) is 2. The zero-order valence-corrected chi connectivity index (χ0v) is 11.9. The lowest BCUT2D eigenvalue weighted by Gasteiger charge is -2.16. The Bertz CT molecular complexity index is 568. The van der Waals surface area contributed by atoms with Gasteiger partial charge in [0.2, 0.25) is 0 Å². The lowest BCUT2D eigenvalue weighted by Crippen LogP contribution is -2.09. The van der Waals surface area contributed by atoms with Gasteiger partial charge >= 0.3 is 0 Å². The van der Waals surface area contributed by atoms with Crippen LogP contribution in [0.1, 0.15) is 30.5 Å². The molecule has 1 atom stereocenters. The second-order valence-electron chi connectivity index (χ2n) is 4.56. The summed E-state index contributed by atoms with van der Waals surface area (Å²) in [5, 5.41) is 0.665. The zero-order valence-electron chi connectivity index (χ0n) is 11.2. The highest BCUT2D eigenvalue weighted by Gasteiger charge is 2.11. The van der Waals surface area contributed by atoms with E-state index in [2.05, 4.69) is 6.92 Å². The van der Waals surface area contributed by atoms with Crippen molar-refractivity contribution in [2.75, 3.05) is 0 Å². The standard InChI is InChI=1S/C16H18ClNO/c1-3-14(18)13-6-4-5-7-15(13)19-16-10-12(17)9-8-11(16)2/h4-10,14H,3,18H2,1-2H3. The molecule has 0 aliphatic rings. The molecule has 2 aromatic carbocycles. The molecule has 0 aliphatic carbocycles. The van der Waals surface area contributed by atoms with E-state index in [9.17, 15) is 0 Å². The lowest BCUT2D eigenvalue weighted by atomic mass is 10.0. The minimum Gasteiger partial charge on any atom is -0.457 e. The number of rotatable bonds is 4. The van der Waals surface area contributed by atoms with Crippen LogP contribution in [0, 0.1) is 6.92 Å². The van der Waals surface area contributed by atoms with E-state index >= 15 is 0 Å². The fourth-order valence-corrected chi connectivity index (χ4v) is 2.06. The molecule has 2 aromatic rings. The lowest BCUT2D eigenvalue weighted by molar-refractivity contribution is 0.465. The SMILES string of the molecule is CCC(N)c1ccccc1Oc1cc(Cl)ccc1C. The average molecular weight is 276 g/mol. The van der Waals surface area contributed by atoms with Crippen molar-refractivity contribution in [1.82, 2.24) is 0 Å². The molecule has 0 radical (unpaired) electrons. The Hall–Kier alpha value is -1.51. The smallest absolute Gasteiger partial charge is 0.132 e. The molecule has 0 saturated carbocycles. The van der Waals surface area contributed by atoms with Crippen LogP contribution in [0.5, 0.6) is 11.5 Å². The van der Waals surface area contributed by atoms with Crippen molar-refractivity contribution < 1.29 is 4.74 Å². The number of benzene rings is 2. The summed E-state index contributed by atoms with van der Waals surface area (Å²) in [6.07, 6.45) is 0.870. The van der Waals surface area contributed by atoms with Gasteiger partial charge in [-0.3, -0.25) is 0 Å². The molecule has 2 rings (SSSR count). The second-order valence-corrected chi connectivity index (χ2v) is 5.00. The molecule has 0 spiro atoms. The third-order valence-corrected chi connectivity index (χ3v) is 3.36. The molecule has 0 bridgehead atoms. The van der Waals surface area contributed by atoms with E-state index in [1.807, 2.05) is 49.4 Å². The highest BCUT2D eigenvalue weighted by Crippen LogP contribution is 2.32. The summed E-state index contributed by atoms with van der Waals surface area (Å²) in [5.41, 5.74) is 8.17. The molecule has 100 valence electrons. The molecule has 0 fully saturated rings. The Morgan fingerprint density at radius 3 is 2.63 bits per heavy atom. The first-order valence-corrected chi connectivity index (χ1v) is 6.78. The average Bonchev–Trinajstić information content (AvgIpc) is 2.42. The van der Waals surface area contributed by atoms with E-state index in [0.717, 1.165) is 29.0 Å². The third kappa shape index (κ3) is 3.28. The normalized spacial score (nSPS) is 12.2. The third-order valence-electron chi connectivity index (χ3n) is 3.13. The maximum Gasteiger partial charge on any atom is 0.132 e. The van der Waals surface area contributed by atoms with E-state index in [1.54, 1.807) is 0 Å². The summed E-state index contributed by atoms with van der Waals surface area (Å²) in [5.74, 6) is 1.56. The van der Waals surface area contributed by atoms with Crippen molar-refractivity contribution in [3.63, 3.8) is 0 Å². The fraction of sp³-hybridized carbons (Fsp3) is 0.250. The van der Waals surface area contributed by atoms with Gasteiger partial charge in [0.05, 0.1) is 0 Å². The number of nitrogens with two attached hydrogens (primary N) is 1. The van der Waals surface area contributed by atoms with E-state index in [0.29, 0.717) is 5.02 Å². The number of hydrogen-bond donors (Lipinski definition) is 1. The van der Waals surface area contributed by atoms with Gasteiger partial charge < -0.3 is 10.5 Å². The fourth-order valence-electron chi connectivity index (χ4n) is 1.90.